The van der Waals surface area contributed by atoms with Crippen molar-refractivity contribution in [3.63, 3.8) is 0 Å². The second-order valence-electron chi connectivity index (χ2n) is 9.02. The molecular formula is C28H30ClN3O. The molecule has 1 unspecified atom stereocenters. The molecule has 170 valence electrons. The molecule has 0 radical (unpaired) electrons. The fourth-order valence-electron chi connectivity index (χ4n) is 4.80. The van der Waals surface area contributed by atoms with Crippen LogP contribution >= 0.6 is 11.6 Å². The summed E-state index contributed by atoms with van der Waals surface area (Å²) in [5.74, 6) is 2.56. The highest BCUT2D eigenvalue weighted by Gasteiger charge is 2.33. The summed E-state index contributed by atoms with van der Waals surface area (Å²) in [4.78, 5) is 10.2. The Hall–Kier alpha value is -2.82. The Kier molecular flexibility index (Phi) is 6.39. The summed E-state index contributed by atoms with van der Waals surface area (Å²) < 4.78 is 5.35. The van der Waals surface area contributed by atoms with Gasteiger partial charge in [0.15, 0.2) is 0 Å². The number of nitrogens with zero attached hydrogens (tertiary/aromatic N) is 3. The molecule has 0 bridgehead atoms. The zero-order valence-corrected chi connectivity index (χ0v) is 20.0. The summed E-state index contributed by atoms with van der Waals surface area (Å²) >= 11 is 6.71. The van der Waals surface area contributed by atoms with E-state index in [9.17, 15) is 0 Å². The maximum absolute atomic E-state index is 6.71. The SMILES string of the molecule is COc1ccc(CN2C(c3ccccc3Cl)=NC(N3CCC(C)CC3)c3ccccc32)cc1. The lowest BCUT2D eigenvalue weighted by Crippen LogP contribution is -2.42. The number of likely N-dealkylation sites (tertiary alicyclic amines) is 1. The van der Waals surface area contributed by atoms with Crippen LogP contribution < -0.4 is 9.64 Å². The van der Waals surface area contributed by atoms with Crippen LogP contribution in [0.2, 0.25) is 5.02 Å². The highest BCUT2D eigenvalue weighted by atomic mass is 35.5. The molecule has 3 aromatic rings. The number of methoxy groups -OCH3 is 1. The van der Waals surface area contributed by atoms with Crippen molar-refractivity contribution in [1.82, 2.24) is 4.90 Å². The van der Waals surface area contributed by atoms with E-state index in [4.69, 9.17) is 21.3 Å². The number of hydrogen-bond acceptors (Lipinski definition) is 4. The van der Waals surface area contributed by atoms with Crippen LogP contribution in [0.1, 0.15) is 42.6 Å². The average Bonchev–Trinajstić information content (AvgIpc) is 2.86. The van der Waals surface area contributed by atoms with Gasteiger partial charge in [-0.3, -0.25) is 4.90 Å². The maximum Gasteiger partial charge on any atom is 0.139 e. The maximum atomic E-state index is 6.71. The van der Waals surface area contributed by atoms with Crippen molar-refractivity contribution in [1.29, 1.82) is 0 Å². The number of hydrogen-bond donors (Lipinski definition) is 0. The Morgan fingerprint density at radius 3 is 2.36 bits per heavy atom. The van der Waals surface area contributed by atoms with E-state index in [0.29, 0.717) is 6.54 Å². The van der Waals surface area contributed by atoms with Crippen molar-refractivity contribution < 1.29 is 4.74 Å². The predicted octanol–water partition coefficient (Wildman–Crippen LogP) is 6.55. The van der Waals surface area contributed by atoms with Crippen LogP contribution in [0.5, 0.6) is 5.75 Å². The molecule has 5 rings (SSSR count). The number of rotatable bonds is 5. The summed E-state index contributed by atoms with van der Waals surface area (Å²) in [6.45, 7) is 5.19. The van der Waals surface area contributed by atoms with Gasteiger partial charge in [0.25, 0.3) is 0 Å². The van der Waals surface area contributed by atoms with Crippen molar-refractivity contribution in [3.8, 4) is 5.75 Å². The highest BCUT2D eigenvalue weighted by molar-refractivity contribution is 6.35. The molecule has 1 atom stereocenters. The summed E-state index contributed by atoms with van der Waals surface area (Å²) in [5.41, 5.74) is 4.62. The van der Waals surface area contributed by atoms with Crippen LogP contribution in [0.4, 0.5) is 5.69 Å². The van der Waals surface area contributed by atoms with Crippen LogP contribution in [0, 0.1) is 5.92 Å². The first-order chi connectivity index (χ1) is 16.1. The first-order valence-electron chi connectivity index (χ1n) is 11.7. The van der Waals surface area contributed by atoms with Gasteiger partial charge in [0, 0.05) is 36.4 Å². The molecule has 0 spiro atoms. The van der Waals surface area contributed by atoms with Gasteiger partial charge in [-0.25, -0.2) is 4.99 Å². The van der Waals surface area contributed by atoms with Crippen LogP contribution in [0.15, 0.2) is 77.8 Å². The van der Waals surface area contributed by atoms with Crippen LogP contribution in [0.3, 0.4) is 0 Å². The minimum absolute atomic E-state index is 0.00656. The number of para-hydroxylation sites is 1. The summed E-state index contributed by atoms with van der Waals surface area (Å²) in [6.07, 6.45) is 2.43. The molecule has 0 N–H and O–H groups in total. The third-order valence-corrected chi connectivity index (χ3v) is 7.11. The van der Waals surface area contributed by atoms with Gasteiger partial charge in [0.2, 0.25) is 0 Å². The molecule has 33 heavy (non-hydrogen) atoms. The number of aliphatic imine (C=N–C) groups is 1. The van der Waals surface area contributed by atoms with Gasteiger partial charge in [0.05, 0.1) is 12.1 Å². The van der Waals surface area contributed by atoms with Crippen molar-refractivity contribution >= 4 is 23.1 Å². The molecule has 0 amide bonds. The first kappa shape index (κ1) is 22.0. The zero-order chi connectivity index (χ0) is 22.8. The summed E-state index contributed by atoms with van der Waals surface area (Å²) in [7, 11) is 1.69. The smallest absolute Gasteiger partial charge is 0.139 e. The van der Waals surface area contributed by atoms with E-state index in [0.717, 1.165) is 41.2 Å². The molecule has 2 aliphatic rings. The van der Waals surface area contributed by atoms with Gasteiger partial charge < -0.3 is 9.64 Å². The van der Waals surface area contributed by atoms with Gasteiger partial charge in [-0.2, -0.15) is 0 Å². The summed E-state index contributed by atoms with van der Waals surface area (Å²) in [6, 6.07) is 25.0. The van der Waals surface area contributed by atoms with Gasteiger partial charge in [-0.1, -0.05) is 61.0 Å². The van der Waals surface area contributed by atoms with Crippen molar-refractivity contribution in [2.24, 2.45) is 10.9 Å². The molecule has 4 nitrogen and oxygen atoms in total. The molecule has 2 aliphatic heterocycles. The van der Waals surface area contributed by atoms with E-state index in [1.54, 1.807) is 7.11 Å². The van der Waals surface area contributed by atoms with Crippen LogP contribution in [-0.2, 0) is 6.54 Å². The Bertz CT molecular complexity index is 1140. The number of anilines is 1. The lowest BCUT2D eigenvalue weighted by atomic mass is 9.96. The topological polar surface area (TPSA) is 28.1 Å². The van der Waals surface area contributed by atoms with E-state index in [1.807, 2.05) is 30.3 Å². The monoisotopic (exact) mass is 459 g/mol. The molecule has 1 fully saturated rings. The lowest BCUT2D eigenvalue weighted by Gasteiger charge is -2.41. The van der Waals surface area contributed by atoms with E-state index in [2.05, 4.69) is 59.2 Å². The van der Waals surface area contributed by atoms with Gasteiger partial charge in [-0.05, 0) is 54.7 Å². The highest BCUT2D eigenvalue weighted by Crippen LogP contribution is 2.40. The molecule has 0 saturated carbocycles. The van der Waals surface area contributed by atoms with Gasteiger partial charge in [0.1, 0.15) is 17.8 Å². The second kappa shape index (κ2) is 9.58. The predicted molar refractivity (Wildman–Crippen MR) is 136 cm³/mol. The minimum Gasteiger partial charge on any atom is -0.497 e. The molecule has 0 aromatic heterocycles. The third-order valence-electron chi connectivity index (χ3n) is 6.78. The second-order valence-corrected chi connectivity index (χ2v) is 9.42. The standard InChI is InChI=1S/C28H30ClN3O/c1-20-15-17-31(18-16-20)27-24-8-4-6-10-26(24)32(19-21-11-13-22(33-2)14-12-21)28(30-27)23-7-3-5-9-25(23)29/h3-14,20,27H,15-19H2,1-2H3. The lowest BCUT2D eigenvalue weighted by molar-refractivity contribution is 0.141. The molecule has 1 saturated heterocycles. The van der Waals surface area contributed by atoms with Gasteiger partial charge >= 0.3 is 0 Å². The Morgan fingerprint density at radius 2 is 1.64 bits per heavy atom. The van der Waals surface area contributed by atoms with Crippen molar-refractivity contribution in [2.45, 2.75) is 32.5 Å². The largest absolute Gasteiger partial charge is 0.497 e. The van der Waals surface area contributed by atoms with E-state index < -0.39 is 0 Å². The van der Waals surface area contributed by atoms with Crippen molar-refractivity contribution in [3.05, 3.63) is 94.5 Å². The number of ether oxygens (including phenoxy) is 1. The van der Waals surface area contributed by atoms with Crippen molar-refractivity contribution in [2.75, 3.05) is 25.1 Å². The minimum atomic E-state index is 0.00656. The Labute approximate surface area is 201 Å². The van der Waals surface area contributed by atoms with E-state index >= 15 is 0 Å². The van der Waals surface area contributed by atoms with Gasteiger partial charge in [-0.15, -0.1) is 0 Å². The molecular weight excluding hydrogens is 430 g/mol. The summed E-state index contributed by atoms with van der Waals surface area (Å²) in [5, 5.41) is 0.723. The number of benzene rings is 3. The fraction of sp³-hybridized carbons (Fsp3) is 0.321. The third kappa shape index (κ3) is 4.50. The molecule has 0 aliphatic carbocycles. The first-order valence-corrected chi connectivity index (χ1v) is 12.1. The van der Waals surface area contributed by atoms with Crippen LogP contribution in [0.25, 0.3) is 0 Å². The van der Waals surface area contributed by atoms with E-state index in [1.165, 1.54) is 29.7 Å². The average molecular weight is 460 g/mol. The Balaban J connectivity index is 1.59. The number of amidine groups is 1. The number of halogens is 1. The van der Waals surface area contributed by atoms with E-state index in [-0.39, 0.29) is 6.17 Å². The molecule has 2 heterocycles. The molecule has 3 aromatic carbocycles. The quantitative estimate of drug-likeness (QED) is 0.433. The normalized spacial score (nSPS) is 19.2. The number of piperidine rings is 1. The van der Waals surface area contributed by atoms with Crippen LogP contribution in [-0.4, -0.2) is 30.9 Å². The number of fused-ring (bicyclic) bond motifs is 1. The zero-order valence-electron chi connectivity index (χ0n) is 19.2. The molecule has 5 heteroatoms. The fourth-order valence-corrected chi connectivity index (χ4v) is 5.02. The Morgan fingerprint density at radius 1 is 0.939 bits per heavy atom.